The van der Waals surface area contributed by atoms with Crippen molar-refractivity contribution < 1.29 is 0 Å². The van der Waals surface area contributed by atoms with E-state index >= 15 is 0 Å². The number of nitrogens with one attached hydrogen (secondary N) is 1. The minimum atomic E-state index is 0.137. The average molecular weight is 204 g/mol. The fourth-order valence-electron chi connectivity index (χ4n) is 2.27. The average Bonchev–Trinajstić information content (AvgIpc) is 2.44. The highest BCUT2D eigenvalue weighted by Gasteiger charge is 2.31. The lowest BCUT2D eigenvalue weighted by molar-refractivity contribution is 0.151. The topological polar surface area (TPSA) is 15.3 Å². The minimum absolute atomic E-state index is 0.137. The van der Waals surface area contributed by atoms with Crippen LogP contribution in [0.1, 0.15) is 18.9 Å². The molecular weight excluding hydrogens is 184 g/mol. The number of likely N-dealkylation sites (N-methyl/N-ethyl adjacent to an activating group) is 1. The summed E-state index contributed by atoms with van der Waals surface area (Å²) in [5.74, 6) is 0. The third-order valence-corrected chi connectivity index (χ3v) is 3.55. The third kappa shape index (κ3) is 2.06. The molecule has 82 valence electrons. The van der Waals surface area contributed by atoms with Crippen LogP contribution in [0.25, 0.3) is 0 Å². The van der Waals surface area contributed by atoms with Crippen LogP contribution >= 0.6 is 0 Å². The second-order valence-corrected chi connectivity index (χ2v) is 4.59. The summed E-state index contributed by atoms with van der Waals surface area (Å²) in [6, 6.07) is 10.8. The molecule has 1 aliphatic rings. The molecule has 1 unspecified atom stereocenters. The first kappa shape index (κ1) is 10.7. The fraction of sp³-hybridized carbons (Fsp3) is 0.538. The molecule has 0 amide bonds. The van der Waals surface area contributed by atoms with Gasteiger partial charge in [-0.25, -0.2) is 0 Å². The quantitative estimate of drug-likeness (QED) is 0.751. The molecule has 1 fully saturated rings. The van der Waals surface area contributed by atoms with Gasteiger partial charge < -0.3 is 5.32 Å². The molecule has 0 saturated carbocycles. The largest absolute Gasteiger partial charge is 0.315 e. The van der Waals surface area contributed by atoms with Gasteiger partial charge in [-0.3, -0.25) is 4.90 Å². The molecular formula is C13H20N2. The Morgan fingerprint density at radius 1 is 1.27 bits per heavy atom. The Morgan fingerprint density at radius 2 is 2.00 bits per heavy atom. The van der Waals surface area contributed by atoms with Gasteiger partial charge in [-0.15, -0.1) is 0 Å². The molecule has 2 nitrogen and oxygen atoms in total. The van der Waals surface area contributed by atoms with Crippen LogP contribution < -0.4 is 5.32 Å². The molecule has 2 heteroatoms. The molecule has 0 aliphatic carbocycles. The summed E-state index contributed by atoms with van der Waals surface area (Å²) < 4.78 is 0. The van der Waals surface area contributed by atoms with Crippen molar-refractivity contribution in [2.75, 3.05) is 26.7 Å². The summed E-state index contributed by atoms with van der Waals surface area (Å²) in [5, 5.41) is 3.53. The molecule has 0 bridgehead atoms. The molecule has 1 aromatic rings. The molecule has 1 saturated heterocycles. The van der Waals surface area contributed by atoms with E-state index in [1.165, 1.54) is 18.5 Å². The molecule has 0 spiro atoms. The third-order valence-electron chi connectivity index (χ3n) is 3.55. The zero-order valence-electron chi connectivity index (χ0n) is 9.66. The fourth-order valence-corrected chi connectivity index (χ4v) is 2.27. The van der Waals surface area contributed by atoms with Crippen LogP contribution in [0.3, 0.4) is 0 Å². The molecule has 1 heterocycles. The number of rotatable bonds is 1. The summed E-state index contributed by atoms with van der Waals surface area (Å²) in [4.78, 5) is 2.46. The second-order valence-electron chi connectivity index (χ2n) is 4.59. The summed E-state index contributed by atoms with van der Waals surface area (Å²) >= 11 is 0. The summed E-state index contributed by atoms with van der Waals surface area (Å²) in [6.07, 6.45) is 1.24. The zero-order valence-corrected chi connectivity index (χ0v) is 9.66. The standard InChI is InChI=1S/C13H20N2/c1-13(12-7-4-3-5-8-12)11-14-9-6-10-15(13)2/h3-5,7-8,14H,6,9-11H2,1-2H3. The predicted molar refractivity (Wildman–Crippen MR) is 63.9 cm³/mol. The van der Waals surface area contributed by atoms with Crippen molar-refractivity contribution in [1.29, 1.82) is 0 Å². The van der Waals surface area contributed by atoms with E-state index in [0.717, 1.165) is 13.1 Å². The number of nitrogens with zero attached hydrogens (tertiary/aromatic N) is 1. The van der Waals surface area contributed by atoms with E-state index < -0.39 is 0 Å². The van der Waals surface area contributed by atoms with Gasteiger partial charge in [0.15, 0.2) is 0 Å². The van der Waals surface area contributed by atoms with Crippen LogP contribution in [-0.2, 0) is 5.54 Å². The van der Waals surface area contributed by atoms with Gasteiger partial charge in [0, 0.05) is 6.54 Å². The Hall–Kier alpha value is -0.860. The first-order chi connectivity index (χ1) is 7.23. The van der Waals surface area contributed by atoms with Gasteiger partial charge in [-0.05, 0) is 39.0 Å². The maximum atomic E-state index is 3.53. The maximum Gasteiger partial charge on any atom is 0.0554 e. The molecule has 2 rings (SSSR count). The molecule has 15 heavy (non-hydrogen) atoms. The van der Waals surface area contributed by atoms with Crippen molar-refractivity contribution in [2.24, 2.45) is 0 Å². The van der Waals surface area contributed by atoms with Gasteiger partial charge in [0.1, 0.15) is 0 Å². The molecule has 1 N–H and O–H groups in total. The second kappa shape index (κ2) is 4.33. The van der Waals surface area contributed by atoms with Gasteiger partial charge in [-0.1, -0.05) is 30.3 Å². The number of hydrogen-bond donors (Lipinski definition) is 1. The normalized spacial score (nSPS) is 28.7. The van der Waals surface area contributed by atoms with Crippen molar-refractivity contribution in [1.82, 2.24) is 10.2 Å². The molecule has 0 radical (unpaired) electrons. The number of benzene rings is 1. The van der Waals surface area contributed by atoms with Crippen molar-refractivity contribution in [3.05, 3.63) is 35.9 Å². The van der Waals surface area contributed by atoms with Crippen molar-refractivity contribution in [3.8, 4) is 0 Å². The van der Waals surface area contributed by atoms with E-state index in [4.69, 9.17) is 0 Å². The van der Waals surface area contributed by atoms with E-state index in [1.807, 2.05) is 0 Å². The Bertz CT molecular complexity index is 310. The van der Waals surface area contributed by atoms with Crippen LogP contribution in [-0.4, -0.2) is 31.6 Å². The maximum absolute atomic E-state index is 3.53. The molecule has 1 atom stereocenters. The first-order valence-electron chi connectivity index (χ1n) is 5.71. The van der Waals surface area contributed by atoms with Crippen LogP contribution in [0.2, 0.25) is 0 Å². The van der Waals surface area contributed by atoms with Crippen LogP contribution in [0.5, 0.6) is 0 Å². The molecule has 0 aromatic heterocycles. The first-order valence-corrected chi connectivity index (χ1v) is 5.71. The lowest BCUT2D eigenvalue weighted by Crippen LogP contribution is -2.46. The lowest BCUT2D eigenvalue weighted by atomic mass is 9.90. The highest BCUT2D eigenvalue weighted by atomic mass is 15.2. The highest BCUT2D eigenvalue weighted by Crippen LogP contribution is 2.27. The van der Waals surface area contributed by atoms with Crippen LogP contribution in [0.4, 0.5) is 0 Å². The summed E-state index contributed by atoms with van der Waals surface area (Å²) in [5.41, 5.74) is 1.54. The van der Waals surface area contributed by atoms with Crippen molar-refractivity contribution in [2.45, 2.75) is 18.9 Å². The van der Waals surface area contributed by atoms with Gasteiger partial charge in [-0.2, -0.15) is 0 Å². The van der Waals surface area contributed by atoms with Crippen LogP contribution in [0.15, 0.2) is 30.3 Å². The van der Waals surface area contributed by atoms with Gasteiger partial charge in [0.25, 0.3) is 0 Å². The van der Waals surface area contributed by atoms with Gasteiger partial charge in [0.05, 0.1) is 5.54 Å². The Morgan fingerprint density at radius 3 is 2.73 bits per heavy atom. The van der Waals surface area contributed by atoms with Gasteiger partial charge >= 0.3 is 0 Å². The van der Waals surface area contributed by atoms with E-state index in [9.17, 15) is 0 Å². The smallest absolute Gasteiger partial charge is 0.0554 e. The highest BCUT2D eigenvalue weighted by molar-refractivity contribution is 5.24. The lowest BCUT2D eigenvalue weighted by Gasteiger charge is -2.37. The summed E-state index contributed by atoms with van der Waals surface area (Å²) in [7, 11) is 2.22. The van der Waals surface area contributed by atoms with Crippen LogP contribution in [0, 0.1) is 0 Å². The Balaban J connectivity index is 2.30. The predicted octanol–water partition coefficient (Wildman–Crippen LogP) is 1.83. The Kier molecular flexibility index (Phi) is 3.08. The van der Waals surface area contributed by atoms with E-state index in [2.05, 4.69) is 54.5 Å². The monoisotopic (exact) mass is 204 g/mol. The van der Waals surface area contributed by atoms with Crippen molar-refractivity contribution in [3.63, 3.8) is 0 Å². The Labute approximate surface area is 92.3 Å². The molecule has 1 aromatic carbocycles. The van der Waals surface area contributed by atoms with Crippen molar-refractivity contribution >= 4 is 0 Å². The van der Waals surface area contributed by atoms with E-state index in [1.54, 1.807) is 0 Å². The molecule has 1 aliphatic heterocycles. The SMILES string of the molecule is CN1CCCNCC1(C)c1ccccc1. The van der Waals surface area contributed by atoms with E-state index in [-0.39, 0.29) is 5.54 Å². The van der Waals surface area contributed by atoms with E-state index in [0.29, 0.717) is 0 Å². The minimum Gasteiger partial charge on any atom is -0.315 e. The number of hydrogen-bond acceptors (Lipinski definition) is 2. The zero-order chi connectivity index (χ0) is 10.7. The van der Waals surface area contributed by atoms with Gasteiger partial charge in [0.2, 0.25) is 0 Å². The summed E-state index contributed by atoms with van der Waals surface area (Å²) in [6.45, 7) is 5.65.